The smallest absolute Gasteiger partial charge is 0.160 e. The maximum Gasteiger partial charge on any atom is 0.160 e. The molecule has 0 aliphatic heterocycles. The van der Waals surface area contributed by atoms with E-state index in [-0.39, 0.29) is 0 Å². The highest BCUT2D eigenvalue weighted by molar-refractivity contribution is 7.26. The molecule has 0 spiro atoms. The van der Waals surface area contributed by atoms with Crippen molar-refractivity contribution in [3.8, 4) is 89.8 Å². The first-order valence-corrected chi connectivity index (χ1v) is 24.3. The van der Waals surface area contributed by atoms with Gasteiger partial charge in [-0.1, -0.05) is 194 Å². The van der Waals surface area contributed by atoms with Crippen LogP contribution in [0.1, 0.15) is 0 Å². The topological polar surface area (TPSA) is 51.6 Å². The van der Waals surface area contributed by atoms with Gasteiger partial charge in [0.25, 0.3) is 0 Å². The Kier molecular flexibility index (Phi) is 9.85. The van der Waals surface area contributed by atoms with E-state index >= 15 is 0 Å². The van der Waals surface area contributed by atoms with Gasteiger partial charge >= 0.3 is 0 Å². The second kappa shape index (κ2) is 16.8. The molecule has 0 amide bonds. The van der Waals surface area contributed by atoms with Crippen LogP contribution in [0.4, 0.5) is 0 Å². The average molecular weight is 903 g/mol. The van der Waals surface area contributed by atoms with Gasteiger partial charge < -0.3 is 0 Å². The van der Waals surface area contributed by atoms with Crippen molar-refractivity contribution in [2.24, 2.45) is 0 Å². The second-order valence-corrected chi connectivity index (χ2v) is 19.1. The fraction of sp³-hybridized carbons (Fsp3) is 0. The zero-order valence-electron chi connectivity index (χ0n) is 36.5. The minimum Gasteiger partial charge on any atom is -0.226 e. The molecule has 0 N–H and O–H groups in total. The Morgan fingerprint density at radius 2 is 0.559 bits per heavy atom. The Morgan fingerprint density at radius 1 is 0.235 bits per heavy atom. The summed E-state index contributed by atoms with van der Waals surface area (Å²) in [4.78, 5) is 21.2. The molecule has 4 aromatic heterocycles. The van der Waals surface area contributed by atoms with Crippen molar-refractivity contribution in [1.29, 1.82) is 0 Å². The normalized spacial score (nSPS) is 11.5. The molecule has 0 radical (unpaired) electrons. The lowest BCUT2D eigenvalue weighted by molar-refractivity contribution is 1.24. The molecule has 0 saturated heterocycles. The van der Waals surface area contributed by atoms with Gasteiger partial charge in [-0.25, -0.2) is 19.9 Å². The van der Waals surface area contributed by atoms with Gasteiger partial charge in [-0.15, -0.1) is 22.7 Å². The van der Waals surface area contributed by atoms with Crippen LogP contribution >= 0.6 is 22.7 Å². The summed E-state index contributed by atoms with van der Waals surface area (Å²) in [5.41, 5.74) is 17.1. The summed E-state index contributed by atoms with van der Waals surface area (Å²) in [6.45, 7) is 0. The third-order valence-electron chi connectivity index (χ3n) is 12.7. The molecule has 0 saturated carbocycles. The zero-order chi connectivity index (χ0) is 45.0. The van der Waals surface area contributed by atoms with Crippen LogP contribution in [-0.2, 0) is 0 Å². The van der Waals surface area contributed by atoms with Crippen molar-refractivity contribution in [3.05, 3.63) is 231 Å². The number of benzene rings is 9. The number of hydrogen-bond acceptors (Lipinski definition) is 6. The first-order valence-electron chi connectivity index (χ1n) is 22.7. The van der Waals surface area contributed by atoms with E-state index in [0.717, 1.165) is 104 Å². The van der Waals surface area contributed by atoms with E-state index in [1.54, 1.807) is 22.7 Å². The van der Waals surface area contributed by atoms with Crippen molar-refractivity contribution in [1.82, 2.24) is 19.9 Å². The summed E-state index contributed by atoms with van der Waals surface area (Å²) >= 11 is 3.51. The van der Waals surface area contributed by atoms with Gasteiger partial charge in [-0.2, -0.15) is 0 Å². The number of nitrogens with zero attached hydrogens (tertiary/aromatic N) is 4. The average Bonchev–Trinajstić information content (AvgIpc) is 4.00. The molecule has 4 heterocycles. The molecule has 4 nitrogen and oxygen atoms in total. The van der Waals surface area contributed by atoms with Crippen LogP contribution in [0.3, 0.4) is 0 Å². The monoisotopic (exact) mass is 902 g/mol. The second-order valence-electron chi connectivity index (χ2n) is 17.0. The molecular weight excluding hydrogens is 865 g/mol. The Hall–Kier alpha value is -8.42. The van der Waals surface area contributed by atoms with Crippen LogP contribution in [0.15, 0.2) is 231 Å². The van der Waals surface area contributed by atoms with Crippen molar-refractivity contribution < 1.29 is 0 Å². The molecule has 13 rings (SSSR count). The Bertz CT molecular complexity index is 4030. The number of rotatable bonds is 8. The first-order chi connectivity index (χ1) is 33.7. The van der Waals surface area contributed by atoms with Gasteiger partial charge in [0.2, 0.25) is 0 Å². The zero-order valence-corrected chi connectivity index (χ0v) is 38.2. The lowest BCUT2D eigenvalue weighted by Gasteiger charge is -2.11. The van der Waals surface area contributed by atoms with E-state index < -0.39 is 0 Å². The fourth-order valence-electron chi connectivity index (χ4n) is 9.31. The molecule has 0 bridgehead atoms. The quantitative estimate of drug-likeness (QED) is 0.152. The highest BCUT2D eigenvalue weighted by Gasteiger charge is 2.19. The van der Waals surface area contributed by atoms with Gasteiger partial charge in [-0.05, 0) is 80.9 Å². The fourth-order valence-corrected chi connectivity index (χ4v) is 11.6. The molecule has 13 aromatic rings. The number of hydrogen-bond donors (Lipinski definition) is 0. The highest BCUT2D eigenvalue weighted by atomic mass is 32.1. The first kappa shape index (κ1) is 39.9. The predicted molar refractivity (Wildman–Crippen MR) is 287 cm³/mol. The summed E-state index contributed by atoms with van der Waals surface area (Å²) in [7, 11) is 0. The van der Waals surface area contributed by atoms with Crippen molar-refractivity contribution in [2.75, 3.05) is 0 Å². The van der Waals surface area contributed by atoms with Crippen molar-refractivity contribution in [3.63, 3.8) is 0 Å². The van der Waals surface area contributed by atoms with E-state index in [9.17, 15) is 0 Å². The Balaban J connectivity index is 0.858. The van der Waals surface area contributed by atoms with Gasteiger partial charge in [0.05, 0.1) is 31.8 Å². The molecule has 0 atom stereocenters. The summed E-state index contributed by atoms with van der Waals surface area (Å²) in [6.07, 6.45) is 0. The van der Waals surface area contributed by atoms with E-state index in [4.69, 9.17) is 19.9 Å². The SMILES string of the molecule is c1ccc(-c2cccc(-c3nc(-c4cccc(-c5cccc(-c6ccc(-c7nc(-c8cccc(-c9ccccc9)c8)c8sc9ccccc9c8n7)cc6)c5)c4)c4sc5ccccc5c4n3)c2)cc1. The lowest BCUT2D eigenvalue weighted by atomic mass is 9.96. The molecule has 0 fully saturated rings. The van der Waals surface area contributed by atoms with Gasteiger partial charge in [0.1, 0.15) is 0 Å². The van der Waals surface area contributed by atoms with Crippen LogP contribution in [0.2, 0.25) is 0 Å². The van der Waals surface area contributed by atoms with Crippen molar-refractivity contribution >= 4 is 63.3 Å². The van der Waals surface area contributed by atoms with Crippen LogP contribution < -0.4 is 0 Å². The summed E-state index contributed by atoms with van der Waals surface area (Å²) in [6, 6.07) is 81.6. The molecule has 0 aliphatic rings. The van der Waals surface area contributed by atoms with Crippen LogP contribution in [0, 0.1) is 0 Å². The number of thiophene rings is 2. The molecule has 68 heavy (non-hydrogen) atoms. The lowest BCUT2D eigenvalue weighted by Crippen LogP contribution is -1.94. The standard InChI is InChI=1S/C62H38N4S2/c1-3-15-39(16-4-1)44-20-12-24-48(36-44)55-59-57(51-27-7-9-29-53(51)67-59)65-61(63-55)42-33-31-41(32-34-42)43-19-11-22-46(35-43)47-23-13-25-49(37-47)56-60-58(52-28-8-10-30-54(52)68-60)66-62(64-56)50-26-14-21-45(38-50)40-17-5-2-6-18-40/h1-38H. The van der Waals surface area contributed by atoms with Gasteiger partial charge in [0, 0.05) is 42.4 Å². The van der Waals surface area contributed by atoms with Crippen molar-refractivity contribution in [2.45, 2.75) is 0 Å². The van der Waals surface area contributed by atoms with E-state index in [1.165, 1.54) is 15.0 Å². The molecular formula is C62H38N4S2. The molecule has 0 aliphatic carbocycles. The molecule has 0 unspecified atom stereocenters. The summed E-state index contributed by atoms with van der Waals surface area (Å²) in [5, 5.41) is 2.30. The largest absolute Gasteiger partial charge is 0.226 e. The minimum absolute atomic E-state index is 0.711. The van der Waals surface area contributed by atoms with Crippen LogP contribution in [-0.4, -0.2) is 19.9 Å². The minimum atomic E-state index is 0.711. The van der Waals surface area contributed by atoms with Crippen LogP contribution in [0.5, 0.6) is 0 Å². The maximum atomic E-state index is 5.36. The summed E-state index contributed by atoms with van der Waals surface area (Å²) in [5.74, 6) is 1.43. The Labute approximate surface area is 401 Å². The number of fused-ring (bicyclic) bond motifs is 6. The summed E-state index contributed by atoms with van der Waals surface area (Å²) < 4.78 is 4.59. The maximum absolute atomic E-state index is 5.36. The highest BCUT2D eigenvalue weighted by Crippen LogP contribution is 2.43. The third-order valence-corrected chi connectivity index (χ3v) is 15.1. The van der Waals surface area contributed by atoms with Gasteiger partial charge in [0.15, 0.2) is 11.6 Å². The molecule has 318 valence electrons. The predicted octanol–water partition coefficient (Wildman–Crippen LogP) is 17.3. The third kappa shape index (κ3) is 7.24. The van der Waals surface area contributed by atoms with E-state index in [1.807, 2.05) is 6.07 Å². The van der Waals surface area contributed by atoms with E-state index in [0.29, 0.717) is 11.6 Å². The Morgan fingerprint density at radius 3 is 1.04 bits per heavy atom. The van der Waals surface area contributed by atoms with Gasteiger partial charge in [-0.3, -0.25) is 0 Å². The number of aromatic nitrogens is 4. The van der Waals surface area contributed by atoms with E-state index in [2.05, 4.69) is 224 Å². The van der Waals surface area contributed by atoms with Crippen LogP contribution in [0.25, 0.3) is 130 Å². The molecule has 9 aromatic carbocycles. The molecule has 6 heteroatoms.